The maximum atomic E-state index is 13.6. The van der Waals surface area contributed by atoms with E-state index in [4.69, 9.17) is 0 Å². The third-order valence-corrected chi connectivity index (χ3v) is 4.05. The zero-order valence-electron chi connectivity index (χ0n) is 14.8. The molecule has 4 aromatic rings. The van der Waals surface area contributed by atoms with E-state index in [2.05, 4.69) is 20.2 Å². The molecule has 0 saturated carbocycles. The van der Waals surface area contributed by atoms with Crippen LogP contribution in [0.5, 0.6) is 0 Å². The topological polar surface area (TPSA) is 78.5 Å². The van der Waals surface area contributed by atoms with Gasteiger partial charge in [0.05, 0.1) is 0 Å². The highest BCUT2D eigenvalue weighted by Crippen LogP contribution is 2.26. The minimum Gasteiger partial charge on any atom is -0.288 e. The van der Waals surface area contributed by atoms with Gasteiger partial charge in [0.1, 0.15) is 25.3 Å². The molecule has 136 valence electrons. The van der Waals surface area contributed by atoms with Gasteiger partial charge in [-0.05, 0) is 11.1 Å². The van der Waals surface area contributed by atoms with Crippen LogP contribution in [0.4, 0.5) is 0 Å². The van der Waals surface area contributed by atoms with Crippen molar-refractivity contribution in [3.63, 3.8) is 0 Å². The minimum atomic E-state index is -0.164. The van der Waals surface area contributed by atoms with Gasteiger partial charge >= 0.3 is 0 Å². The van der Waals surface area contributed by atoms with Gasteiger partial charge in [0.25, 0.3) is 0 Å². The van der Waals surface area contributed by atoms with Gasteiger partial charge in [0.15, 0.2) is 5.78 Å². The Balaban J connectivity index is 1.85. The maximum Gasteiger partial charge on any atom is 0.197 e. The highest BCUT2D eigenvalue weighted by molar-refractivity contribution is 6.45. The second-order valence-electron chi connectivity index (χ2n) is 5.90. The van der Waals surface area contributed by atoms with Crippen LogP contribution in [-0.4, -0.2) is 35.3 Å². The molecular formula is C21H16N6O. The molecular weight excluding hydrogens is 352 g/mol. The lowest BCUT2D eigenvalue weighted by Crippen LogP contribution is -2.08. The lowest BCUT2D eigenvalue weighted by Gasteiger charge is -2.11. The Labute approximate surface area is 161 Å². The van der Waals surface area contributed by atoms with E-state index in [0.717, 1.165) is 11.1 Å². The number of benzene rings is 2. The van der Waals surface area contributed by atoms with Crippen molar-refractivity contribution < 1.29 is 4.79 Å². The Bertz CT molecular complexity index is 1010. The summed E-state index contributed by atoms with van der Waals surface area (Å²) in [6.07, 6.45) is 9.27. The predicted octanol–water partition coefficient (Wildman–Crippen LogP) is 3.14. The first-order chi connectivity index (χ1) is 13.8. The molecule has 0 fully saturated rings. The van der Waals surface area contributed by atoms with Crippen molar-refractivity contribution in [3.8, 4) is 0 Å². The first kappa shape index (κ1) is 17.3. The molecule has 0 unspecified atom stereocenters. The summed E-state index contributed by atoms with van der Waals surface area (Å²) < 4.78 is 3.02. The lowest BCUT2D eigenvalue weighted by molar-refractivity contribution is -0.108. The van der Waals surface area contributed by atoms with E-state index in [0.29, 0.717) is 11.1 Å². The van der Waals surface area contributed by atoms with Gasteiger partial charge in [0.2, 0.25) is 0 Å². The zero-order chi connectivity index (χ0) is 19.2. The summed E-state index contributed by atoms with van der Waals surface area (Å²) in [6.45, 7) is 0. The van der Waals surface area contributed by atoms with Crippen molar-refractivity contribution in [1.82, 2.24) is 29.5 Å². The standard InChI is InChI=1S/C21H16N6O/c28-21(19(11-26-15-22-13-24-26)17-7-3-1-4-8-17)20(12-27-16-23-14-25-27)18-9-5-2-6-10-18/h1-16H. The number of aromatic nitrogens is 6. The van der Waals surface area contributed by atoms with Crippen molar-refractivity contribution in [2.24, 2.45) is 0 Å². The van der Waals surface area contributed by atoms with Crippen LogP contribution < -0.4 is 0 Å². The second kappa shape index (κ2) is 8.05. The number of nitrogens with zero attached hydrogens (tertiary/aromatic N) is 6. The first-order valence-corrected chi connectivity index (χ1v) is 8.58. The molecule has 0 aliphatic carbocycles. The molecule has 7 heteroatoms. The van der Waals surface area contributed by atoms with Crippen LogP contribution in [0, 0.1) is 0 Å². The van der Waals surface area contributed by atoms with Gasteiger partial charge < -0.3 is 0 Å². The normalized spacial score (nSPS) is 12.1. The Kier molecular flexibility index (Phi) is 4.97. The van der Waals surface area contributed by atoms with Gasteiger partial charge in [-0.15, -0.1) is 0 Å². The number of rotatable bonds is 6. The fourth-order valence-corrected chi connectivity index (χ4v) is 2.74. The highest BCUT2D eigenvalue weighted by Gasteiger charge is 2.19. The second-order valence-corrected chi connectivity index (χ2v) is 5.90. The Morgan fingerprint density at radius 2 is 1.11 bits per heavy atom. The zero-order valence-corrected chi connectivity index (χ0v) is 14.8. The van der Waals surface area contributed by atoms with Crippen molar-refractivity contribution in [1.29, 1.82) is 0 Å². The van der Waals surface area contributed by atoms with Crippen LogP contribution in [0.2, 0.25) is 0 Å². The fourth-order valence-electron chi connectivity index (χ4n) is 2.74. The third-order valence-electron chi connectivity index (χ3n) is 4.05. The Morgan fingerprint density at radius 1 is 0.679 bits per heavy atom. The van der Waals surface area contributed by atoms with Crippen LogP contribution in [0.3, 0.4) is 0 Å². The number of hydrogen-bond acceptors (Lipinski definition) is 5. The molecule has 0 saturated heterocycles. The van der Waals surface area contributed by atoms with Crippen LogP contribution >= 0.6 is 0 Å². The molecule has 0 N–H and O–H groups in total. The number of hydrogen-bond donors (Lipinski definition) is 0. The molecule has 0 atom stereocenters. The van der Waals surface area contributed by atoms with Crippen molar-refractivity contribution >= 4 is 29.3 Å². The van der Waals surface area contributed by atoms with E-state index < -0.39 is 0 Å². The quantitative estimate of drug-likeness (QED) is 0.489. The summed E-state index contributed by atoms with van der Waals surface area (Å²) in [5, 5.41) is 8.20. The molecule has 28 heavy (non-hydrogen) atoms. The van der Waals surface area contributed by atoms with Crippen LogP contribution in [0.25, 0.3) is 23.5 Å². The van der Waals surface area contributed by atoms with Crippen LogP contribution in [-0.2, 0) is 4.79 Å². The van der Waals surface area contributed by atoms with E-state index in [-0.39, 0.29) is 5.78 Å². The highest BCUT2D eigenvalue weighted by atomic mass is 16.1. The largest absolute Gasteiger partial charge is 0.288 e. The molecule has 0 spiro atoms. The number of carbonyl (C=O) groups excluding carboxylic acids is 1. The van der Waals surface area contributed by atoms with Gasteiger partial charge in [-0.2, -0.15) is 10.2 Å². The number of Topliss-reactive ketones (excluding diaryl/α,β-unsaturated/α-hetero) is 1. The van der Waals surface area contributed by atoms with E-state index >= 15 is 0 Å². The fraction of sp³-hybridized carbons (Fsp3) is 0. The number of allylic oxidation sites excluding steroid dienone is 2. The molecule has 0 bridgehead atoms. The summed E-state index contributed by atoms with van der Waals surface area (Å²) in [6, 6.07) is 18.9. The number of carbonyl (C=O) groups is 1. The summed E-state index contributed by atoms with van der Waals surface area (Å²) in [5.74, 6) is -0.164. The molecule has 2 aromatic heterocycles. The first-order valence-electron chi connectivity index (χ1n) is 8.58. The molecule has 0 aliphatic heterocycles. The lowest BCUT2D eigenvalue weighted by atomic mass is 9.93. The summed E-state index contributed by atoms with van der Waals surface area (Å²) in [5.41, 5.74) is 2.54. The monoisotopic (exact) mass is 368 g/mol. The van der Waals surface area contributed by atoms with Crippen LogP contribution in [0.1, 0.15) is 11.1 Å². The molecule has 0 amide bonds. The average Bonchev–Trinajstić information content (AvgIpc) is 3.45. The SMILES string of the molecule is O=C(C(=Cn1cncn1)c1ccccc1)C(=Cn1cncn1)c1ccccc1. The van der Waals surface area contributed by atoms with E-state index in [1.807, 2.05) is 60.7 Å². The average molecular weight is 368 g/mol. The van der Waals surface area contributed by atoms with Crippen molar-refractivity contribution in [2.45, 2.75) is 0 Å². The molecule has 4 rings (SSSR count). The van der Waals surface area contributed by atoms with E-state index in [1.54, 1.807) is 25.1 Å². The molecule has 2 aromatic carbocycles. The Hall–Kier alpha value is -4.13. The molecule has 0 radical (unpaired) electrons. The minimum absolute atomic E-state index is 0.164. The summed E-state index contributed by atoms with van der Waals surface area (Å²) in [4.78, 5) is 21.5. The van der Waals surface area contributed by atoms with Gasteiger partial charge in [-0.1, -0.05) is 60.7 Å². The molecule has 0 aliphatic rings. The van der Waals surface area contributed by atoms with Crippen molar-refractivity contribution in [3.05, 3.63) is 97.1 Å². The van der Waals surface area contributed by atoms with E-state index in [9.17, 15) is 4.79 Å². The smallest absolute Gasteiger partial charge is 0.197 e. The summed E-state index contributed by atoms with van der Waals surface area (Å²) in [7, 11) is 0. The van der Waals surface area contributed by atoms with Crippen molar-refractivity contribution in [2.75, 3.05) is 0 Å². The molecule has 2 heterocycles. The predicted molar refractivity (Wildman–Crippen MR) is 106 cm³/mol. The van der Waals surface area contributed by atoms with Crippen LogP contribution in [0.15, 0.2) is 86.0 Å². The van der Waals surface area contributed by atoms with Gasteiger partial charge in [-0.3, -0.25) is 4.79 Å². The third kappa shape index (κ3) is 3.83. The van der Waals surface area contributed by atoms with Gasteiger partial charge in [0, 0.05) is 23.5 Å². The number of ketones is 1. The molecule has 7 nitrogen and oxygen atoms in total. The van der Waals surface area contributed by atoms with E-state index in [1.165, 1.54) is 22.0 Å². The Morgan fingerprint density at radius 3 is 1.46 bits per heavy atom. The maximum absolute atomic E-state index is 13.6. The summed E-state index contributed by atoms with van der Waals surface area (Å²) >= 11 is 0. The van der Waals surface area contributed by atoms with Gasteiger partial charge in [-0.25, -0.2) is 19.3 Å².